The third-order valence-corrected chi connectivity index (χ3v) is 2.77. The van der Waals surface area contributed by atoms with Gasteiger partial charge in [-0.15, -0.1) is 0 Å². The van der Waals surface area contributed by atoms with Crippen LogP contribution in [-0.4, -0.2) is 9.97 Å². The summed E-state index contributed by atoms with van der Waals surface area (Å²) in [4.78, 5) is 18.1. The fourth-order valence-electron chi connectivity index (χ4n) is 1.63. The molecule has 84 valence electrons. The molecule has 0 spiro atoms. The lowest BCUT2D eigenvalue weighted by Gasteiger charge is -2.07. The summed E-state index contributed by atoms with van der Waals surface area (Å²) in [5, 5.41) is 8.82. The van der Waals surface area contributed by atoms with Gasteiger partial charge < -0.3 is 4.98 Å². The highest BCUT2D eigenvalue weighted by atomic mass is 16.1. The lowest BCUT2D eigenvalue weighted by molar-refractivity contribution is 1.18. The van der Waals surface area contributed by atoms with Gasteiger partial charge in [-0.25, -0.2) is 0 Å². The van der Waals surface area contributed by atoms with E-state index < -0.39 is 0 Å². The number of hydrogen-bond acceptors (Lipinski definition) is 3. The SMILES string of the molecule is Cc1ccnc(-c2c[nH]c(=O)c(C#N)c2)c1C. The molecule has 0 aliphatic heterocycles. The minimum absolute atomic E-state index is 0.102. The summed E-state index contributed by atoms with van der Waals surface area (Å²) in [6, 6.07) is 5.36. The largest absolute Gasteiger partial charge is 0.327 e. The Labute approximate surface area is 98.6 Å². The van der Waals surface area contributed by atoms with Crippen molar-refractivity contribution in [1.82, 2.24) is 9.97 Å². The first kappa shape index (κ1) is 11.1. The average Bonchev–Trinajstić information content (AvgIpc) is 2.34. The number of nitrogens with zero attached hydrogens (tertiary/aromatic N) is 2. The molecule has 0 radical (unpaired) electrons. The Balaban J connectivity index is 2.66. The monoisotopic (exact) mass is 225 g/mol. The van der Waals surface area contributed by atoms with E-state index in [-0.39, 0.29) is 11.1 Å². The topological polar surface area (TPSA) is 69.5 Å². The highest BCUT2D eigenvalue weighted by Gasteiger charge is 2.07. The van der Waals surface area contributed by atoms with Crippen molar-refractivity contribution in [2.45, 2.75) is 13.8 Å². The van der Waals surface area contributed by atoms with Crippen molar-refractivity contribution in [1.29, 1.82) is 5.26 Å². The number of rotatable bonds is 1. The van der Waals surface area contributed by atoms with Crippen molar-refractivity contribution in [3.63, 3.8) is 0 Å². The summed E-state index contributed by atoms with van der Waals surface area (Å²) < 4.78 is 0. The molecule has 0 aliphatic rings. The number of nitrogens with one attached hydrogen (secondary N) is 1. The molecule has 0 aromatic carbocycles. The van der Waals surface area contributed by atoms with E-state index in [2.05, 4.69) is 9.97 Å². The number of aromatic amines is 1. The number of H-pyrrole nitrogens is 1. The number of pyridine rings is 2. The van der Waals surface area contributed by atoms with Gasteiger partial charge in [-0.3, -0.25) is 9.78 Å². The molecule has 2 heterocycles. The molecular formula is C13H11N3O. The van der Waals surface area contributed by atoms with E-state index in [1.807, 2.05) is 26.0 Å². The van der Waals surface area contributed by atoms with E-state index in [1.165, 1.54) is 0 Å². The molecule has 0 bridgehead atoms. The second kappa shape index (κ2) is 4.22. The van der Waals surface area contributed by atoms with Crippen LogP contribution in [0, 0.1) is 25.2 Å². The zero-order valence-electron chi connectivity index (χ0n) is 9.61. The summed E-state index contributed by atoms with van der Waals surface area (Å²) in [5.74, 6) is 0. The van der Waals surface area contributed by atoms with Gasteiger partial charge in [-0.2, -0.15) is 5.26 Å². The first-order valence-corrected chi connectivity index (χ1v) is 5.19. The second-order valence-corrected chi connectivity index (χ2v) is 3.84. The van der Waals surface area contributed by atoms with Gasteiger partial charge in [0.25, 0.3) is 5.56 Å². The van der Waals surface area contributed by atoms with Gasteiger partial charge in [-0.05, 0) is 37.1 Å². The van der Waals surface area contributed by atoms with E-state index in [1.54, 1.807) is 18.5 Å². The lowest BCUT2D eigenvalue weighted by Crippen LogP contribution is -2.09. The summed E-state index contributed by atoms with van der Waals surface area (Å²) in [7, 11) is 0. The van der Waals surface area contributed by atoms with Gasteiger partial charge in [0.15, 0.2) is 0 Å². The van der Waals surface area contributed by atoms with Crippen molar-refractivity contribution in [3.8, 4) is 17.3 Å². The van der Waals surface area contributed by atoms with E-state index in [0.29, 0.717) is 0 Å². The van der Waals surface area contributed by atoms with E-state index in [4.69, 9.17) is 5.26 Å². The van der Waals surface area contributed by atoms with E-state index in [0.717, 1.165) is 22.4 Å². The minimum atomic E-state index is -0.374. The van der Waals surface area contributed by atoms with Crippen LogP contribution in [0.1, 0.15) is 16.7 Å². The molecule has 2 rings (SSSR count). The molecule has 2 aromatic heterocycles. The Morgan fingerprint density at radius 1 is 1.41 bits per heavy atom. The molecule has 17 heavy (non-hydrogen) atoms. The predicted molar refractivity (Wildman–Crippen MR) is 64.5 cm³/mol. The summed E-state index contributed by atoms with van der Waals surface area (Å²) in [6.45, 7) is 3.96. The fourth-order valence-corrected chi connectivity index (χ4v) is 1.63. The van der Waals surface area contributed by atoms with Gasteiger partial charge in [-0.1, -0.05) is 0 Å². The Hall–Kier alpha value is -2.41. The number of nitriles is 1. The maximum Gasteiger partial charge on any atom is 0.265 e. The standard InChI is InChI=1S/C13H11N3O/c1-8-3-4-15-12(9(8)2)11-5-10(6-14)13(17)16-7-11/h3-5,7H,1-2H3,(H,16,17). The van der Waals surface area contributed by atoms with E-state index >= 15 is 0 Å². The lowest BCUT2D eigenvalue weighted by atomic mass is 10.0. The van der Waals surface area contributed by atoms with Crippen LogP contribution in [0.2, 0.25) is 0 Å². The maximum absolute atomic E-state index is 11.3. The Morgan fingerprint density at radius 3 is 2.88 bits per heavy atom. The van der Waals surface area contributed by atoms with Crippen LogP contribution in [0.15, 0.2) is 29.3 Å². The molecule has 2 aromatic rings. The summed E-state index contributed by atoms with van der Waals surface area (Å²) in [6.07, 6.45) is 3.30. The molecule has 0 fully saturated rings. The van der Waals surface area contributed by atoms with Crippen LogP contribution in [0.3, 0.4) is 0 Å². The zero-order valence-corrected chi connectivity index (χ0v) is 9.61. The summed E-state index contributed by atoms with van der Waals surface area (Å²) >= 11 is 0. The molecule has 0 unspecified atom stereocenters. The molecule has 0 amide bonds. The molecule has 0 atom stereocenters. The maximum atomic E-state index is 11.3. The van der Waals surface area contributed by atoms with Crippen molar-refractivity contribution in [3.05, 3.63) is 51.6 Å². The average molecular weight is 225 g/mol. The Kier molecular flexibility index (Phi) is 2.75. The number of hydrogen-bond donors (Lipinski definition) is 1. The van der Waals surface area contributed by atoms with Crippen LogP contribution in [0.4, 0.5) is 0 Å². The van der Waals surface area contributed by atoms with Gasteiger partial charge in [0.2, 0.25) is 0 Å². The molecular weight excluding hydrogens is 214 g/mol. The highest BCUT2D eigenvalue weighted by Crippen LogP contribution is 2.21. The zero-order chi connectivity index (χ0) is 12.4. The second-order valence-electron chi connectivity index (χ2n) is 3.84. The Bertz CT molecular complexity index is 665. The van der Waals surface area contributed by atoms with Crippen LogP contribution >= 0.6 is 0 Å². The molecule has 4 nitrogen and oxygen atoms in total. The molecule has 0 saturated heterocycles. The third kappa shape index (κ3) is 1.95. The quantitative estimate of drug-likeness (QED) is 0.806. The highest BCUT2D eigenvalue weighted by molar-refractivity contribution is 5.64. The summed E-state index contributed by atoms with van der Waals surface area (Å²) in [5.41, 5.74) is 3.44. The van der Waals surface area contributed by atoms with Crippen LogP contribution < -0.4 is 5.56 Å². The molecule has 0 aliphatic carbocycles. The van der Waals surface area contributed by atoms with Crippen molar-refractivity contribution >= 4 is 0 Å². The first-order chi connectivity index (χ1) is 8.13. The molecule has 4 heteroatoms. The number of aryl methyl sites for hydroxylation is 1. The fraction of sp³-hybridized carbons (Fsp3) is 0.154. The molecule has 1 N–H and O–H groups in total. The van der Waals surface area contributed by atoms with Crippen LogP contribution in [0.5, 0.6) is 0 Å². The van der Waals surface area contributed by atoms with Crippen LogP contribution in [0.25, 0.3) is 11.3 Å². The third-order valence-electron chi connectivity index (χ3n) is 2.77. The van der Waals surface area contributed by atoms with E-state index in [9.17, 15) is 4.79 Å². The smallest absolute Gasteiger partial charge is 0.265 e. The van der Waals surface area contributed by atoms with Crippen molar-refractivity contribution in [2.75, 3.05) is 0 Å². The van der Waals surface area contributed by atoms with Gasteiger partial charge in [0.05, 0.1) is 5.69 Å². The van der Waals surface area contributed by atoms with Crippen molar-refractivity contribution < 1.29 is 0 Å². The predicted octanol–water partition coefficient (Wildman–Crippen LogP) is 1.93. The molecule has 0 saturated carbocycles. The Morgan fingerprint density at radius 2 is 2.18 bits per heavy atom. The van der Waals surface area contributed by atoms with Gasteiger partial charge in [0.1, 0.15) is 11.6 Å². The number of aromatic nitrogens is 2. The van der Waals surface area contributed by atoms with Crippen molar-refractivity contribution in [2.24, 2.45) is 0 Å². The first-order valence-electron chi connectivity index (χ1n) is 5.19. The van der Waals surface area contributed by atoms with Gasteiger partial charge >= 0.3 is 0 Å². The minimum Gasteiger partial charge on any atom is -0.327 e. The normalized spacial score (nSPS) is 9.94. The van der Waals surface area contributed by atoms with Gasteiger partial charge in [0, 0.05) is 18.0 Å². The van der Waals surface area contributed by atoms with Crippen LogP contribution in [-0.2, 0) is 0 Å².